The maximum absolute atomic E-state index is 12.9. The zero-order valence-corrected chi connectivity index (χ0v) is 15.0. The molecule has 0 aromatic heterocycles. The Labute approximate surface area is 156 Å². The van der Waals surface area contributed by atoms with Crippen LogP contribution in [0, 0.1) is 11.8 Å². The summed E-state index contributed by atoms with van der Waals surface area (Å²) in [6.07, 6.45) is 0. The highest BCUT2D eigenvalue weighted by atomic mass is 16.5. The smallest absolute Gasteiger partial charge is 0.169 e. The van der Waals surface area contributed by atoms with E-state index in [4.69, 9.17) is 14.2 Å². The normalized spacial score (nSPS) is 18.9. The highest BCUT2D eigenvalue weighted by molar-refractivity contribution is 6.05. The Morgan fingerprint density at radius 2 is 1.26 bits per heavy atom. The number of phenols is 2. The van der Waals surface area contributed by atoms with Crippen LogP contribution < -0.4 is 9.47 Å². The Balaban J connectivity index is 1.86. The first-order valence-electron chi connectivity index (χ1n) is 8.36. The lowest BCUT2D eigenvalue weighted by Crippen LogP contribution is -2.29. The van der Waals surface area contributed by atoms with Gasteiger partial charge in [0.15, 0.2) is 34.6 Å². The topological polar surface area (TPSA) is 102 Å². The van der Waals surface area contributed by atoms with Crippen LogP contribution >= 0.6 is 0 Å². The molecule has 2 atom stereocenters. The van der Waals surface area contributed by atoms with Crippen LogP contribution in [0.3, 0.4) is 0 Å². The summed E-state index contributed by atoms with van der Waals surface area (Å²) >= 11 is 0. The van der Waals surface area contributed by atoms with Crippen LogP contribution in [-0.4, -0.2) is 49.2 Å². The van der Waals surface area contributed by atoms with E-state index < -0.39 is 11.8 Å². The third kappa shape index (κ3) is 3.59. The van der Waals surface area contributed by atoms with Gasteiger partial charge >= 0.3 is 0 Å². The highest BCUT2D eigenvalue weighted by Gasteiger charge is 2.39. The number of rotatable bonds is 6. The molecule has 1 aliphatic heterocycles. The molecule has 2 aromatic rings. The van der Waals surface area contributed by atoms with Crippen LogP contribution in [0.15, 0.2) is 36.4 Å². The number of phenolic OH excluding ortho intramolecular Hbond substituents is 2. The van der Waals surface area contributed by atoms with Crippen molar-refractivity contribution in [1.82, 2.24) is 0 Å². The van der Waals surface area contributed by atoms with E-state index in [1.807, 2.05) is 0 Å². The van der Waals surface area contributed by atoms with Crippen LogP contribution in [0.1, 0.15) is 20.7 Å². The minimum absolute atomic E-state index is 0.0689. The van der Waals surface area contributed by atoms with E-state index in [9.17, 15) is 19.8 Å². The summed E-state index contributed by atoms with van der Waals surface area (Å²) in [5, 5.41) is 19.4. The molecule has 1 aliphatic rings. The van der Waals surface area contributed by atoms with Crippen molar-refractivity contribution in [2.75, 3.05) is 27.4 Å². The molecule has 0 spiro atoms. The molecule has 3 rings (SSSR count). The number of ketones is 2. The Kier molecular flexibility index (Phi) is 5.32. The molecule has 7 heteroatoms. The lowest BCUT2D eigenvalue weighted by molar-refractivity contribution is 0.0808. The minimum atomic E-state index is -0.647. The lowest BCUT2D eigenvalue weighted by atomic mass is 9.83. The molecule has 0 bridgehead atoms. The molecular weight excluding hydrogens is 352 g/mol. The third-order valence-corrected chi connectivity index (χ3v) is 4.68. The average Bonchev–Trinajstić information content (AvgIpc) is 3.17. The number of benzene rings is 2. The van der Waals surface area contributed by atoms with Crippen molar-refractivity contribution in [3.8, 4) is 23.0 Å². The largest absolute Gasteiger partial charge is 0.504 e. The van der Waals surface area contributed by atoms with Gasteiger partial charge in [-0.15, -0.1) is 0 Å². The summed E-state index contributed by atoms with van der Waals surface area (Å²) in [4.78, 5) is 25.8. The summed E-state index contributed by atoms with van der Waals surface area (Å²) in [5.74, 6) is -1.57. The number of carbonyl (C=O) groups excluding carboxylic acids is 2. The summed E-state index contributed by atoms with van der Waals surface area (Å²) in [6.45, 7) is 0.265. The molecule has 2 N–H and O–H groups in total. The number of hydrogen-bond acceptors (Lipinski definition) is 7. The highest BCUT2D eigenvalue weighted by Crippen LogP contribution is 2.33. The van der Waals surface area contributed by atoms with E-state index in [-0.39, 0.29) is 47.8 Å². The Hall–Kier alpha value is -3.06. The van der Waals surface area contributed by atoms with Gasteiger partial charge < -0.3 is 24.4 Å². The molecule has 27 heavy (non-hydrogen) atoms. The second-order valence-corrected chi connectivity index (χ2v) is 6.25. The molecule has 1 saturated heterocycles. The zero-order chi connectivity index (χ0) is 19.6. The van der Waals surface area contributed by atoms with Gasteiger partial charge in [-0.3, -0.25) is 9.59 Å². The minimum Gasteiger partial charge on any atom is -0.504 e. The van der Waals surface area contributed by atoms with Gasteiger partial charge in [0.1, 0.15) is 0 Å². The van der Waals surface area contributed by atoms with E-state index in [1.165, 1.54) is 50.6 Å². The number of hydrogen-bond donors (Lipinski definition) is 2. The van der Waals surface area contributed by atoms with Gasteiger partial charge in [0.25, 0.3) is 0 Å². The summed E-state index contributed by atoms with van der Waals surface area (Å²) in [7, 11) is 2.79. The molecule has 0 saturated carbocycles. The first kappa shape index (κ1) is 18.7. The average molecular weight is 372 g/mol. The molecular formula is C20H20O7. The van der Waals surface area contributed by atoms with Crippen molar-refractivity contribution >= 4 is 11.6 Å². The Morgan fingerprint density at radius 1 is 0.852 bits per heavy atom. The predicted octanol–water partition coefficient (Wildman–Crippen LogP) is 2.44. The van der Waals surface area contributed by atoms with Gasteiger partial charge in [-0.1, -0.05) is 0 Å². The van der Waals surface area contributed by atoms with E-state index in [0.717, 1.165) is 0 Å². The van der Waals surface area contributed by atoms with Crippen LogP contribution in [-0.2, 0) is 4.74 Å². The quantitative estimate of drug-likeness (QED) is 0.751. The first-order chi connectivity index (χ1) is 13.0. The number of methoxy groups -OCH3 is 2. The molecule has 142 valence electrons. The van der Waals surface area contributed by atoms with Crippen LogP contribution in [0.2, 0.25) is 0 Å². The van der Waals surface area contributed by atoms with Gasteiger partial charge in [-0.25, -0.2) is 0 Å². The van der Waals surface area contributed by atoms with E-state index >= 15 is 0 Å². The Bertz CT molecular complexity index is 803. The van der Waals surface area contributed by atoms with Crippen LogP contribution in [0.4, 0.5) is 0 Å². The molecule has 0 aliphatic carbocycles. The molecule has 1 heterocycles. The van der Waals surface area contributed by atoms with Crippen molar-refractivity contribution < 1.29 is 34.0 Å². The molecule has 0 radical (unpaired) electrons. The van der Waals surface area contributed by atoms with Crippen molar-refractivity contribution in [1.29, 1.82) is 0 Å². The lowest BCUT2D eigenvalue weighted by Gasteiger charge is -2.17. The summed E-state index contributed by atoms with van der Waals surface area (Å²) < 4.78 is 15.5. The fraction of sp³-hybridized carbons (Fsp3) is 0.300. The second kappa shape index (κ2) is 7.67. The van der Waals surface area contributed by atoms with E-state index in [2.05, 4.69) is 0 Å². The van der Waals surface area contributed by atoms with Crippen LogP contribution in [0.25, 0.3) is 0 Å². The summed E-state index contributed by atoms with van der Waals surface area (Å²) in [5.41, 5.74) is 0.669. The molecule has 7 nitrogen and oxygen atoms in total. The van der Waals surface area contributed by atoms with Gasteiger partial charge in [0.05, 0.1) is 39.3 Å². The van der Waals surface area contributed by atoms with Gasteiger partial charge in [-0.05, 0) is 36.4 Å². The molecule has 2 aromatic carbocycles. The monoisotopic (exact) mass is 372 g/mol. The van der Waals surface area contributed by atoms with E-state index in [0.29, 0.717) is 11.1 Å². The zero-order valence-electron chi connectivity index (χ0n) is 15.0. The van der Waals surface area contributed by atoms with Gasteiger partial charge in [0, 0.05) is 11.1 Å². The maximum atomic E-state index is 12.9. The SMILES string of the molecule is COc1cc(C(=O)[C@H]2COC[C@@H]2C(=O)c2ccc(O)c(OC)c2)ccc1O. The molecule has 0 amide bonds. The van der Waals surface area contributed by atoms with Crippen molar-refractivity contribution in [3.63, 3.8) is 0 Å². The van der Waals surface area contributed by atoms with Crippen LogP contribution in [0.5, 0.6) is 23.0 Å². The molecule has 0 unspecified atom stereocenters. The summed E-state index contributed by atoms with van der Waals surface area (Å²) in [6, 6.07) is 8.63. The van der Waals surface area contributed by atoms with Crippen molar-refractivity contribution in [2.45, 2.75) is 0 Å². The number of carbonyl (C=O) groups is 2. The molecule has 1 fully saturated rings. The fourth-order valence-corrected chi connectivity index (χ4v) is 3.16. The number of ether oxygens (including phenoxy) is 3. The Morgan fingerprint density at radius 3 is 1.63 bits per heavy atom. The number of Topliss-reactive ketones (excluding diaryl/α,β-unsaturated/α-hetero) is 2. The van der Waals surface area contributed by atoms with Gasteiger partial charge in [0.2, 0.25) is 0 Å². The standard InChI is InChI=1S/C20H20O7/c1-25-17-7-11(3-5-15(17)21)19(23)13-9-27-10-14(13)20(24)12-4-6-16(22)18(8-12)26-2/h3-8,13-14,21-22H,9-10H2,1-2H3/t13-,14-/m0/s1. The maximum Gasteiger partial charge on any atom is 0.169 e. The van der Waals surface area contributed by atoms with Crippen molar-refractivity contribution in [3.05, 3.63) is 47.5 Å². The third-order valence-electron chi connectivity index (χ3n) is 4.68. The van der Waals surface area contributed by atoms with Crippen molar-refractivity contribution in [2.24, 2.45) is 11.8 Å². The number of aromatic hydroxyl groups is 2. The van der Waals surface area contributed by atoms with E-state index in [1.54, 1.807) is 0 Å². The first-order valence-corrected chi connectivity index (χ1v) is 8.36. The second-order valence-electron chi connectivity index (χ2n) is 6.25. The fourth-order valence-electron chi connectivity index (χ4n) is 3.16. The van der Waals surface area contributed by atoms with Gasteiger partial charge in [-0.2, -0.15) is 0 Å². The predicted molar refractivity (Wildman–Crippen MR) is 95.8 cm³/mol.